The molecule has 1 atom stereocenters. The molecular weight excluding hydrogens is 402 g/mol. The molecule has 0 aliphatic heterocycles. The summed E-state index contributed by atoms with van der Waals surface area (Å²) in [4.78, 5) is 0. The SMILES string of the molecule is CC1=CC(C)[C-]=C1.[Cl-].[Cl-].[Zr+4].[c-]1cccc2c1Cc1ccccc1-2. The van der Waals surface area contributed by atoms with Crippen LogP contribution in [0.15, 0.2) is 60.2 Å². The van der Waals surface area contributed by atoms with Gasteiger partial charge >= 0.3 is 26.2 Å². The van der Waals surface area contributed by atoms with Crippen LogP contribution in [0, 0.1) is 18.1 Å². The van der Waals surface area contributed by atoms with Crippen LogP contribution in [0.5, 0.6) is 0 Å². The molecule has 0 spiro atoms. The summed E-state index contributed by atoms with van der Waals surface area (Å²) in [5.74, 6) is 0.556. The molecule has 0 aromatic heterocycles. The molecule has 3 heteroatoms. The first kappa shape index (κ1) is 22.4. The average molecular weight is 420 g/mol. The topological polar surface area (TPSA) is 0 Å². The molecule has 23 heavy (non-hydrogen) atoms. The first-order valence-electron chi connectivity index (χ1n) is 7.09. The Labute approximate surface area is 171 Å². The molecule has 0 nitrogen and oxygen atoms in total. The van der Waals surface area contributed by atoms with Gasteiger partial charge in [-0.05, 0) is 6.42 Å². The molecule has 116 valence electrons. The molecule has 2 aliphatic rings. The Bertz CT molecular complexity index is 646. The van der Waals surface area contributed by atoms with E-state index >= 15 is 0 Å². The van der Waals surface area contributed by atoms with E-state index in [1.807, 2.05) is 12.1 Å². The second-order valence-corrected chi connectivity index (χ2v) is 5.41. The van der Waals surface area contributed by atoms with Crippen LogP contribution in [0.2, 0.25) is 0 Å². The van der Waals surface area contributed by atoms with Crippen LogP contribution in [-0.2, 0) is 32.6 Å². The van der Waals surface area contributed by atoms with Crippen molar-refractivity contribution in [3.05, 3.63) is 83.5 Å². The maximum absolute atomic E-state index is 3.30. The Morgan fingerprint density at radius 3 is 2.30 bits per heavy atom. The summed E-state index contributed by atoms with van der Waals surface area (Å²) in [6.45, 7) is 4.23. The van der Waals surface area contributed by atoms with Crippen molar-refractivity contribution in [3.8, 4) is 11.1 Å². The largest absolute Gasteiger partial charge is 4.00 e. The molecule has 0 saturated carbocycles. The minimum atomic E-state index is 0. The standard InChI is InChI=1S/C13H9.C7H9.2ClH.Zr/c1-3-7-12-10(5-1)9-11-6-2-4-8-13(11)12;1-6-3-4-7(2)5-6;;;/h1-5,7-8H,9H2;3,5,7H,1-2H3;2*1H;/q2*-1;;;+4/p-2. The smallest absolute Gasteiger partial charge is 1.00 e. The fraction of sp³-hybridized carbons (Fsp3) is 0.200. The Hall–Kier alpha value is -0.617. The Morgan fingerprint density at radius 1 is 1.00 bits per heavy atom. The zero-order chi connectivity index (χ0) is 13.9. The maximum Gasteiger partial charge on any atom is 4.00 e. The van der Waals surface area contributed by atoms with E-state index in [1.54, 1.807) is 0 Å². The second kappa shape index (κ2) is 10.3. The number of benzene rings is 2. The molecule has 1 unspecified atom stereocenters. The summed E-state index contributed by atoms with van der Waals surface area (Å²) in [5, 5.41) is 0. The third kappa shape index (κ3) is 5.45. The van der Waals surface area contributed by atoms with Crippen LogP contribution in [0.25, 0.3) is 11.1 Å². The number of hydrogen-bond donors (Lipinski definition) is 0. The molecule has 0 saturated heterocycles. The van der Waals surface area contributed by atoms with E-state index < -0.39 is 0 Å². The van der Waals surface area contributed by atoms with Crippen molar-refractivity contribution in [2.24, 2.45) is 5.92 Å². The predicted octanol–water partition coefficient (Wildman–Crippen LogP) is -0.995. The summed E-state index contributed by atoms with van der Waals surface area (Å²) in [6.07, 6.45) is 8.43. The van der Waals surface area contributed by atoms with Gasteiger partial charge in [0.05, 0.1) is 0 Å². The van der Waals surface area contributed by atoms with E-state index in [1.165, 1.54) is 27.8 Å². The van der Waals surface area contributed by atoms with Gasteiger partial charge in [-0.25, -0.2) is 11.6 Å². The summed E-state index contributed by atoms with van der Waals surface area (Å²) in [7, 11) is 0. The molecule has 2 aromatic carbocycles. The minimum absolute atomic E-state index is 0. The number of allylic oxidation sites excluding steroid dienone is 4. The fourth-order valence-corrected chi connectivity index (χ4v) is 2.75. The third-order valence-corrected chi connectivity index (χ3v) is 3.70. The van der Waals surface area contributed by atoms with Crippen LogP contribution in [0.3, 0.4) is 0 Å². The zero-order valence-corrected chi connectivity index (χ0v) is 17.2. The van der Waals surface area contributed by atoms with Crippen LogP contribution in [-0.4, -0.2) is 0 Å². The Balaban J connectivity index is 0.000000426. The van der Waals surface area contributed by atoms with Gasteiger partial charge < -0.3 is 24.8 Å². The van der Waals surface area contributed by atoms with E-state index in [4.69, 9.17) is 0 Å². The number of rotatable bonds is 0. The average Bonchev–Trinajstić information content (AvgIpc) is 3.02. The van der Waals surface area contributed by atoms with E-state index in [0.717, 1.165) is 6.42 Å². The van der Waals surface area contributed by atoms with Crippen LogP contribution in [0.4, 0.5) is 0 Å². The number of halogens is 2. The zero-order valence-electron chi connectivity index (χ0n) is 13.2. The Kier molecular flexibility index (Phi) is 10.0. The van der Waals surface area contributed by atoms with Gasteiger partial charge in [0.1, 0.15) is 0 Å². The molecule has 0 N–H and O–H groups in total. The molecule has 0 fully saturated rings. The van der Waals surface area contributed by atoms with Gasteiger partial charge in [0.2, 0.25) is 0 Å². The monoisotopic (exact) mass is 418 g/mol. The van der Waals surface area contributed by atoms with E-state index in [9.17, 15) is 0 Å². The van der Waals surface area contributed by atoms with Crippen molar-refractivity contribution >= 4 is 0 Å². The van der Waals surface area contributed by atoms with Crippen molar-refractivity contribution in [1.29, 1.82) is 0 Å². The molecule has 2 aromatic rings. The van der Waals surface area contributed by atoms with Gasteiger partial charge in [-0.15, -0.1) is 12.5 Å². The van der Waals surface area contributed by atoms with E-state index in [2.05, 4.69) is 68.5 Å². The molecular formula is C20H18Cl2Zr. The van der Waals surface area contributed by atoms with E-state index in [-0.39, 0.29) is 51.0 Å². The summed E-state index contributed by atoms with van der Waals surface area (Å²) in [6, 6.07) is 18.1. The third-order valence-electron chi connectivity index (χ3n) is 3.70. The number of fused-ring (bicyclic) bond motifs is 3. The van der Waals surface area contributed by atoms with Gasteiger partial charge in [0, 0.05) is 0 Å². The minimum Gasteiger partial charge on any atom is -1.00 e. The molecule has 0 bridgehead atoms. The molecule has 4 rings (SSSR count). The molecule has 0 amide bonds. The first-order valence-corrected chi connectivity index (χ1v) is 7.09. The van der Waals surface area contributed by atoms with Gasteiger partial charge in [-0.1, -0.05) is 48.2 Å². The summed E-state index contributed by atoms with van der Waals surface area (Å²) < 4.78 is 0. The number of hydrogen-bond acceptors (Lipinski definition) is 0. The van der Waals surface area contributed by atoms with Crippen LogP contribution in [0.1, 0.15) is 25.0 Å². The van der Waals surface area contributed by atoms with Gasteiger partial charge in [0.25, 0.3) is 0 Å². The molecule has 2 aliphatic carbocycles. The quantitative estimate of drug-likeness (QED) is 0.410. The maximum atomic E-state index is 3.30. The van der Waals surface area contributed by atoms with E-state index in [0.29, 0.717) is 5.92 Å². The first-order chi connectivity index (χ1) is 9.74. The fourth-order valence-electron chi connectivity index (χ4n) is 2.75. The van der Waals surface area contributed by atoms with Crippen molar-refractivity contribution in [2.75, 3.05) is 0 Å². The second-order valence-electron chi connectivity index (χ2n) is 5.41. The molecule has 0 radical (unpaired) electrons. The normalized spacial score (nSPS) is 15.6. The van der Waals surface area contributed by atoms with Crippen LogP contribution >= 0.6 is 0 Å². The van der Waals surface area contributed by atoms with Crippen molar-refractivity contribution in [1.82, 2.24) is 0 Å². The Morgan fingerprint density at radius 2 is 1.70 bits per heavy atom. The van der Waals surface area contributed by atoms with Crippen molar-refractivity contribution < 1.29 is 51.0 Å². The van der Waals surface area contributed by atoms with Crippen molar-refractivity contribution in [3.63, 3.8) is 0 Å². The van der Waals surface area contributed by atoms with Gasteiger partial charge in [0.15, 0.2) is 0 Å². The van der Waals surface area contributed by atoms with Crippen molar-refractivity contribution in [2.45, 2.75) is 20.3 Å². The summed E-state index contributed by atoms with van der Waals surface area (Å²) in [5.41, 5.74) is 6.85. The van der Waals surface area contributed by atoms with Gasteiger partial charge in [-0.3, -0.25) is 6.08 Å². The predicted molar refractivity (Wildman–Crippen MR) is 84.3 cm³/mol. The molecule has 0 heterocycles. The summed E-state index contributed by atoms with van der Waals surface area (Å²) >= 11 is 0. The van der Waals surface area contributed by atoms with Gasteiger partial charge in [-0.2, -0.15) is 35.9 Å². The van der Waals surface area contributed by atoms with Crippen LogP contribution < -0.4 is 24.8 Å².